The lowest BCUT2D eigenvalue weighted by atomic mass is 9.92. The molecule has 0 saturated heterocycles. The molecule has 1 heterocycles. The topological polar surface area (TPSA) is 0 Å². The Bertz CT molecular complexity index is 2550. The standard InChI is InChI=1S/C44H24S/c1-3-15-33-29(11-1)31-13-5-7-17-35(31)41-25-27(21-23-37(33)41)43-39-19-9-10-20-40(39)44(45-43)28-22-24-38-34-16-4-2-12-30(34)32-14-6-8-18-36(32)42(38)26-28/h1-3,5-15,17-26H. The fraction of sp³-hybridized carbons (Fsp3) is 0. The Morgan fingerprint density at radius 1 is 0.333 bits per heavy atom. The van der Waals surface area contributed by atoms with E-state index in [0.717, 1.165) is 5.39 Å². The Balaban J connectivity index is 1.23. The molecule has 0 unspecified atom stereocenters. The van der Waals surface area contributed by atoms with Gasteiger partial charge in [-0.15, -0.1) is 11.3 Å². The summed E-state index contributed by atoms with van der Waals surface area (Å²) in [6.45, 7) is 0. The summed E-state index contributed by atoms with van der Waals surface area (Å²) in [6, 6.07) is 60.0. The van der Waals surface area contributed by atoms with Crippen LogP contribution >= 0.6 is 11.3 Å². The molecule has 0 radical (unpaired) electrons. The molecule has 206 valence electrons. The number of hydrogen-bond donors (Lipinski definition) is 0. The van der Waals surface area contributed by atoms with Crippen LogP contribution in [0.15, 0.2) is 146 Å². The van der Waals surface area contributed by atoms with Crippen molar-refractivity contribution in [1.29, 1.82) is 0 Å². The largest absolute Gasteiger partial charge is 0.134 e. The first-order valence-corrected chi connectivity index (χ1v) is 16.2. The second-order valence-electron chi connectivity index (χ2n) is 11.9. The Kier molecular flexibility index (Phi) is 5.17. The maximum absolute atomic E-state index is 3.42. The van der Waals surface area contributed by atoms with Gasteiger partial charge >= 0.3 is 0 Å². The summed E-state index contributed by atoms with van der Waals surface area (Å²) in [5.41, 5.74) is 2.51. The molecule has 1 aromatic heterocycles. The average Bonchev–Trinajstić information content (AvgIpc) is 3.51. The quantitative estimate of drug-likeness (QED) is 0.177. The zero-order valence-corrected chi connectivity index (χ0v) is 25.1. The molecule has 10 rings (SSSR count). The van der Waals surface area contributed by atoms with Gasteiger partial charge in [-0.1, -0.05) is 133 Å². The molecule has 0 spiro atoms. The molecule has 0 amide bonds. The van der Waals surface area contributed by atoms with Gasteiger partial charge in [-0.25, -0.2) is 0 Å². The minimum Gasteiger partial charge on any atom is -0.134 e. The Hall–Kier alpha value is -5.68. The smallest absolute Gasteiger partial charge is 0.0428 e. The van der Waals surface area contributed by atoms with Gasteiger partial charge in [0.25, 0.3) is 0 Å². The fourth-order valence-electron chi connectivity index (χ4n) is 7.47. The lowest BCUT2D eigenvalue weighted by Gasteiger charge is -2.11. The van der Waals surface area contributed by atoms with E-state index in [-0.39, 0.29) is 0 Å². The number of benzene rings is 8. The van der Waals surface area contributed by atoms with E-state index in [9.17, 15) is 0 Å². The molecule has 0 aliphatic rings. The second-order valence-corrected chi connectivity index (χ2v) is 12.9. The van der Waals surface area contributed by atoms with Crippen molar-refractivity contribution < 1.29 is 0 Å². The second kappa shape index (κ2) is 9.41. The van der Waals surface area contributed by atoms with Gasteiger partial charge in [-0.3, -0.25) is 0 Å². The zero-order valence-electron chi connectivity index (χ0n) is 24.3. The molecule has 0 bridgehead atoms. The summed E-state index contributed by atoms with van der Waals surface area (Å²) in [4.78, 5) is 2.62. The van der Waals surface area contributed by atoms with Crippen molar-refractivity contribution in [2.45, 2.75) is 0 Å². The molecule has 1 heteroatoms. The third kappa shape index (κ3) is 3.55. The molecule has 9 aromatic carbocycles. The van der Waals surface area contributed by atoms with E-state index in [1.54, 1.807) is 0 Å². The van der Waals surface area contributed by atoms with Crippen molar-refractivity contribution in [3.8, 4) is 20.9 Å². The molecule has 0 N–H and O–H groups in total. The van der Waals surface area contributed by atoms with Gasteiger partial charge in [0.05, 0.1) is 0 Å². The van der Waals surface area contributed by atoms with Gasteiger partial charge in [0.2, 0.25) is 0 Å². The molecule has 0 nitrogen and oxygen atoms in total. The summed E-state index contributed by atoms with van der Waals surface area (Å²) in [7, 11) is 0. The van der Waals surface area contributed by atoms with E-state index >= 15 is 0 Å². The zero-order chi connectivity index (χ0) is 29.5. The molecule has 0 saturated carbocycles. The highest BCUT2D eigenvalue weighted by molar-refractivity contribution is 7.21. The number of hydrogen-bond acceptors (Lipinski definition) is 1. The van der Waals surface area contributed by atoms with Crippen molar-refractivity contribution in [1.82, 2.24) is 0 Å². The van der Waals surface area contributed by atoms with E-state index < -0.39 is 0 Å². The van der Waals surface area contributed by atoms with Crippen LogP contribution in [0.4, 0.5) is 0 Å². The van der Waals surface area contributed by atoms with Crippen molar-refractivity contribution in [2.75, 3.05) is 0 Å². The molecule has 45 heavy (non-hydrogen) atoms. The molecule has 0 atom stereocenters. The first-order valence-electron chi connectivity index (χ1n) is 15.4. The normalized spacial score (nSPS) is 11.8. The van der Waals surface area contributed by atoms with Crippen molar-refractivity contribution in [2.24, 2.45) is 0 Å². The minimum atomic E-state index is 1.13. The van der Waals surface area contributed by atoms with E-state index in [4.69, 9.17) is 0 Å². The third-order valence-corrected chi connectivity index (χ3v) is 10.8. The summed E-state index contributed by atoms with van der Waals surface area (Å²) < 4.78 is 0. The van der Waals surface area contributed by atoms with Crippen LogP contribution < -0.4 is 0 Å². The SMILES string of the molecule is c1ccc2c(c#1)c1ccc(-c3sc(-c4ccc5c6ccccc6c6ccccc6c5c4)c4ccccc34)cc1c1ccccc21. The molecule has 0 aliphatic heterocycles. The predicted molar refractivity (Wildman–Crippen MR) is 195 cm³/mol. The maximum atomic E-state index is 3.42. The van der Waals surface area contributed by atoms with Crippen LogP contribution in [0.2, 0.25) is 0 Å². The van der Waals surface area contributed by atoms with Crippen LogP contribution in [0.1, 0.15) is 0 Å². The molecular formula is C44H24S. The van der Waals surface area contributed by atoms with Gasteiger partial charge in [0, 0.05) is 25.9 Å². The molecular weight excluding hydrogens is 561 g/mol. The van der Waals surface area contributed by atoms with E-state index in [1.807, 2.05) is 17.4 Å². The summed E-state index contributed by atoms with van der Waals surface area (Å²) >= 11 is 1.90. The summed E-state index contributed by atoms with van der Waals surface area (Å²) in [5, 5.41) is 17.8. The minimum absolute atomic E-state index is 1.13. The molecule has 0 fully saturated rings. The number of thiophene rings is 1. The first-order chi connectivity index (χ1) is 22.3. The maximum Gasteiger partial charge on any atom is 0.0428 e. The van der Waals surface area contributed by atoms with Crippen molar-refractivity contribution >= 4 is 86.7 Å². The van der Waals surface area contributed by atoms with Gasteiger partial charge in [-0.2, -0.15) is 0 Å². The highest BCUT2D eigenvalue weighted by atomic mass is 32.1. The van der Waals surface area contributed by atoms with Crippen LogP contribution in [0, 0.1) is 12.1 Å². The summed E-state index contributed by atoms with van der Waals surface area (Å²) in [5.74, 6) is 0. The van der Waals surface area contributed by atoms with E-state index in [0.29, 0.717) is 0 Å². The van der Waals surface area contributed by atoms with Crippen LogP contribution in [0.5, 0.6) is 0 Å². The highest BCUT2D eigenvalue weighted by Gasteiger charge is 2.17. The lowest BCUT2D eigenvalue weighted by molar-refractivity contribution is 1.76. The lowest BCUT2D eigenvalue weighted by Crippen LogP contribution is -1.84. The Morgan fingerprint density at radius 2 is 0.711 bits per heavy atom. The van der Waals surface area contributed by atoms with E-state index in [2.05, 4.69) is 152 Å². The van der Waals surface area contributed by atoms with Crippen LogP contribution in [0.25, 0.3) is 96.3 Å². The third-order valence-electron chi connectivity index (χ3n) is 9.49. The van der Waals surface area contributed by atoms with E-state index in [1.165, 1.54) is 90.9 Å². The predicted octanol–water partition coefficient (Wildman–Crippen LogP) is 12.8. The fourth-order valence-corrected chi connectivity index (χ4v) is 8.74. The van der Waals surface area contributed by atoms with Crippen LogP contribution in [0.3, 0.4) is 0 Å². The average molecular weight is 585 g/mol. The Labute approximate surface area is 264 Å². The van der Waals surface area contributed by atoms with Crippen LogP contribution in [-0.4, -0.2) is 0 Å². The molecule has 0 aliphatic carbocycles. The van der Waals surface area contributed by atoms with Gasteiger partial charge in [0.15, 0.2) is 0 Å². The number of fused-ring (bicyclic) bond motifs is 13. The van der Waals surface area contributed by atoms with Gasteiger partial charge < -0.3 is 0 Å². The Morgan fingerprint density at radius 3 is 1.24 bits per heavy atom. The molecule has 10 aromatic rings. The van der Waals surface area contributed by atoms with Crippen LogP contribution in [-0.2, 0) is 0 Å². The van der Waals surface area contributed by atoms with Crippen molar-refractivity contribution in [3.05, 3.63) is 158 Å². The highest BCUT2D eigenvalue weighted by Crippen LogP contribution is 2.47. The monoisotopic (exact) mass is 584 g/mol. The number of rotatable bonds is 2. The van der Waals surface area contributed by atoms with Crippen molar-refractivity contribution in [3.63, 3.8) is 0 Å². The van der Waals surface area contributed by atoms with Gasteiger partial charge in [0.1, 0.15) is 0 Å². The summed E-state index contributed by atoms with van der Waals surface area (Å²) in [6.07, 6.45) is 0. The first kappa shape index (κ1) is 24.7. The van der Waals surface area contributed by atoms with Gasteiger partial charge in [-0.05, 0) is 94.6 Å².